The molecular formula is C32H29ClN2O5. The van der Waals surface area contributed by atoms with Gasteiger partial charge in [0.1, 0.15) is 11.5 Å². The van der Waals surface area contributed by atoms with E-state index in [9.17, 15) is 19.8 Å². The summed E-state index contributed by atoms with van der Waals surface area (Å²) in [6.07, 6.45) is 1.99. The number of aryl methyl sites for hydroxylation is 1. The van der Waals surface area contributed by atoms with Crippen LogP contribution >= 0.6 is 11.6 Å². The summed E-state index contributed by atoms with van der Waals surface area (Å²) in [5.41, 5.74) is 3.97. The minimum atomic E-state index is -1.12. The monoisotopic (exact) mass is 556 g/mol. The number of carboxylic acids is 1. The molecule has 2 atom stereocenters. The van der Waals surface area contributed by atoms with Crippen molar-refractivity contribution in [3.8, 4) is 11.5 Å². The van der Waals surface area contributed by atoms with E-state index >= 15 is 0 Å². The second-order valence-electron chi connectivity index (χ2n) is 9.82. The summed E-state index contributed by atoms with van der Waals surface area (Å²) in [5.74, 6) is -0.591. The Kier molecular flexibility index (Phi) is 8.45. The van der Waals surface area contributed by atoms with Crippen molar-refractivity contribution in [3.63, 3.8) is 0 Å². The first-order chi connectivity index (χ1) is 19.3. The zero-order valence-corrected chi connectivity index (χ0v) is 22.4. The molecule has 4 aromatic carbocycles. The summed E-state index contributed by atoms with van der Waals surface area (Å²) < 4.78 is 6.08. The molecular weight excluding hydrogens is 528 g/mol. The molecule has 1 aliphatic rings. The fourth-order valence-corrected chi connectivity index (χ4v) is 4.96. The molecule has 204 valence electrons. The predicted molar refractivity (Wildman–Crippen MR) is 155 cm³/mol. The molecule has 4 N–H and O–H groups in total. The molecule has 0 saturated heterocycles. The maximum absolute atomic E-state index is 12.6. The molecule has 7 nitrogen and oxygen atoms in total. The van der Waals surface area contributed by atoms with Crippen molar-refractivity contribution < 1.29 is 24.5 Å². The van der Waals surface area contributed by atoms with Crippen LogP contribution in [0, 0.1) is 0 Å². The highest BCUT2D eigenvalue weighted by Gasteiger charge is 2.21. The summed E-state index contributed by atoms with van der Waals surface area (Å²) in [7, 11) is 0. The standard InChI is InChI=1S/C32H29ClN2O5/c33-25-10-6-21(7-11-25)30(36)19-34-26-12-8-20-9-13-28(16-23(20)14-26)40-29-17-24(32(38)39)15-27(18-29)35-31(37)22-4-2-1-3-5-22/h1-7,9-11,13,15-18,26,30,34,36H,8,12,14,19H2,(H,35,37)(H,38,39)/t26-,30+/m0/s1. The number of carbonyl (C=O) groups is 2. The van der Waals surface area contributed by atoms with Crippen molar-refractivity contribution in [2.75, 3.05) is 11.9 Å². The van der Waals surface area contributed by atoms with E-state index in [1.54, 1.807) is 42.5 Å². The van der Waals surface area contributed by atoms with E-state index in [0.29, 0.717) is 34.3 Å². The number of halogens is 1. The molecule has 0 radical (unpaired) electrons. The molecule has 0 bridgehead atoms. The first-order valence-electron chi connectivity index (χ1n) is 13.1. The van der Waals surface area contributed by atoms with Gasteiger partial charge in [-0.2, -0.15) is 0 Å². The topological polar surface area (TPSA) is 108 Å². The van der Waals surface area contributed by atoms with Gasteiger partial charge in [-0.15, -0.1) is 0 Å². The van der Waals surface area contributed by atoms with Crippen molar-refractivity contribution in [2.45, 2.75) is 31.4 Å². The number of aliphatic hydroxyl groups is 1. The Morgan fingerprint density at radius 2 is 1.68 bits per heavy atom. The Bertz CT molecular complexity index is 1510. The van der Waals surface area contributed by atoms with Gasteiger partial charge in [-0.05, 0) is 84.5 Å². The molecule has 1 amide bonds. The molecule has 0 fully saturated rings. The third-order valence-electron chi connectivity index (χ3n) is 6.94. The van der Waals surface area contributed by atoms with Gasteiger partial charge in [-0.3, -0.25) is 4.79 Å². The molecule has 1 aliphatic carbocycles. The SMILES string of the molecule is O=C(O)c1cc(NC(=O)c2ccccc2)cc(Oc2ccc3c(c2)C[C@@H](NC[C@@H](O)c2ccc(Cl)cc2)CC3)c1. The molecule has 5 rings (SSSR count). The highest BCUT2D eigenvalue weighted by atomic mass is 35.5. The molecule has 8 heteroatoms. The first-order valence-corrected chi connectivity index (χ1v) is 13.4. The van der Waals surface area contributed by atoms with Gasteiger partial charge >= 0.3 is 5.97 Å². The Morgan fingerprint density at radius 3 is 2.42 bits per heavy atom. The van der Waals surface area contributed by atoms with E-state index in [-0.39, 0.29) is 17.5 Å². The summed E-state index contributed by atoms with van der Waals surface area (Å²) in [6.45, 7) is 0.428. The summed E-state index contributed by atoms with van der Waals surface area (Å²) in [6, 6.07) is 26.4. The second kappa shape index (κ2) is 12.3. The third-order valence-corrected chi connectivity index (χ3v) is 7.20. The quantitative estimate of drug-likeness (QED) is 0.194. The number of ether oxygens (including phenoxy) is 1. The summed E-state index contributed by atoms with van der Waals surface area (Å²) in [5, 5.41) is 27.0. The number of carboxylic acid groups (broad SMARTS) is 1. The Balaban J connectivity index is 1.27. The lowest BCUT2D eigenvalue weighted by Crippen LogP contribution is -2.37. The van der Waals surface area contributed by atoms with Crippen LogP contribution in [0.5, 0.6) is 11.5 Å². The minimum Gasteiger partial charge on any atom is -0.478 e. The molecule has 4 aromatic rings. The van der Waals surface area contributed by atoms with Gasteiger partial charge in [0.05, 0.1) is 11.7 Å². The van der Waals surface area contributed by atoms with Gasteiger partial charge < -0.3 is 25.6 Å². The smallest absolute Gasteiger partial charge is 0.335 e. The first kappa shape index (κ1) is 27.4. The average molecular weight is 557 g/mol. The molecule has 0 aliphatic heterocycles. The van der Waals surface area contributed by atoms with E-state index < -0.39 is 12.1 Å². The number of benzene rings is 4. The van der Waals surface area contributed by atoms with Gasteiger partial charge in [-0.1, -0.05) is 48.0 Å². The van der Waals surface area contributed by atoms with E-state index in [0.717, 1.165) is 30.4 Å². The number of rotatable bonds is 9. The van der Waals surface area contributed by atoms with Crippen LogP contribution < -0.4 is 15.4 Å². The number of aliphatic hydroxyl groups excluding tert-OH is 1. The van der Waals surface area contributed by atoms with Gasteiger partial charge in [0.2, 0.25) is 0 Å². The van der Waals surface area contributed by atoms with Crippen LogP contribution in [0.4, 0.5) is 5.69 Å². The van der Waals surface area contributed by atoms with Crippen LogP contribution in [-0.4, -0.2) is 34.7 Å². The molecule has 0 saturated carbocycles. The zero-order valence-electron chi connectivity index (χ0n) is 21.6. The lowest BCUT2D eigenvalue weighted by Gasteiger charge is -2.27. The predicted octanol–water partition coefficient (Wildman–Crippen LogP) is 6.26. The number of amides is 1. The van der Waals surface area contributed by atoms with Gasteiger partial charge in [-0.25, -0.2) is 4.79 Å². The molecule has 0 spiro atoms. The molecule has 40 heavy (non-hydrogen) atoms. The van der Waals surface area contributed by atoms with Crippen LogP contribution in [0.25, 0.3) is 0 Å². The molecule has 0 heterocycles. The average Bonchev–Trinajstić information content (AvgIpc) is 2.96. The summed E-state index contributed by atoms with van der Waals surface area (Å²) in [4.78, 5) is 24.4. The minimum absolute atomic E-state index is 0.00216. The number of carbonyl (C=O) groups excluding carboxylic acids is 1. The number of hydrogen-bond acceptors (Lipinski definition) is 5. The van der Waals surface area contributed by atoms with Crippen molar-refractivity contribution >= 4 is 29.2 Å². The fraction of sp³-hybridized carbons (Fsp3) is 0.188. The van der Waals surface area contributed by atoms with Crippen LogP contribution in [0.3, 0.4) is 0 Å². The van der Waals surface area contributed by atoms with Crippen molar-refractivity contribution in [1.29, 1.82) is 0 Å². The lowest BCUT2D eigenvalue weighted by molar-refractivity contribution is 0.0696. The summed E-state index contributed by atoms with van der Waals surface area (Å²) >= 11 is 5.95. The molecule has 0 aromatic heterocycles. The number of fused-ring (bicyclic) bond motifs is 1. The normalized spacial score (nSPS) is 15.1. The number of aromatic carboxylic acids is 1. The number of nitrogens with one attached hydrogen (secondary N) is 2. The number of hydrogen-bond donors (Lipinski definition) is 4. The van der Waals surface area contributed by atoms with Crippen LogP contribution in [0.15, 0.2) is 91.0 Å². The Labute approximate surface area is 237 Å². The third kappa shape index (κ3) is 6.87. The highest BCUT2D eigenvalue weighted by molar-refractivity contribution is 6.30. The molecule has 0 unspecified atom stereocenters. The van der Waals surface area contributed by atoms with Gasteiger partial charge in [0, 0.05) is 34.9 Å². The van der Waals surface area contributed by atoms with E-state index in [2.05, 4.69) is 10.6 Å². The van der Waals surface area contributed by atoms with Crippen LogP contribution in [-0.2, 0) is 12.8 Å². The van der Waals surface area contributed by atoms with E-state index in [4.69, 9.17) is 16.3 Å². The Hall–Kier alpha value is -4.17. The van der Waals surface area contributed by atoms with E-state index in [1.807, 2.05) is 36.4 Å². The van der Waals surface area contributed by atoms with Gasteiger partial charge in [0.25, 0.3) is 5.91 Å². The van der Waals surface area contributed by atoms with Crippen molar-refractivity contribution in [1.82, 2.24) is 5.32 Å². The van der Waals surface area contributed by atoms with Crippen molar-refractivity contribution in [3.05, 3.63) is 124 Å². The number of anilines is 1. The van der Waals surface area contributed by atoms with Crippen LogP contribution in [0.2, 0.25) is 5.02 Å². The fourth-order valence-electron chi connectivity index (χ4n) is 4.83. The maximum atomic E-state index is 12.6. The van der Waals surface area contributed by atoms with Gasteiger partial charge in [0.15, 0.2) is 0 Å². The highest BCUT2D eigenvalue weighted by Crippen LogP contribution is 2.31. The van der Waals surface area contributed by atoms with E-state index in [1.165, 1.54) is 17.7 Å². The van der Waals surface area contributed by atoms with Crippen LogP contribution in [0.1, 0.15) is 49.9 Å². The maximum Gasteiger partial charge on any atom is 0.335 e. The Morgan fingerprint density at radius 1 is 0.900 bits per heavy atom. The zero-order chi connectivity index (χ0) is 28.1. The second-order valence-corrected chi connectivity index (χ2v) is 10.3. The van der Waals surface area contributed by atoms with Crippen molar-refractivity contribution in [2.24, 2.45) is 0 Å². The largest absolute Gasteiger partial charge is 0.478 e. The lowest BCUT2D eigenvalue weighted by atomic mass is 9.88.